The highest BCUT2D eigenvalue weighted by Crippen LogP contribution is 2.24. The molecule has 0 aromatic carbocycles. The molecule has 0 spiro atoms. The summed E-state index contributed by atoms with van der Waals surface area (Å²) in [7, 11) is 0. The Morgan fingerprint density at radius 1 is 1.55 bits per heavy atom. The molecule has 1 fully saturated rings. The van der Waals surface area contributed by atoms with E-state index >= 15 is 0 Å². The van der Waals surface area contributed by atoms with Gasteiger partial charge in [0.25, 0.3) is 0 Å². The number of rotatable bonds is 1. The van der Waals surface area contributed by atoms with E-state index in [1.54, 1.807) is 0 Å². The predicted molar refractivity (Wildman–Crippen MR) is 41.0 cm³/mol. The molecule has 0 aromatic heterocycles. The van der Waals surface area contributed by atoms with Gasteiger partial charge in [0.2, 0.25) is 0 Å². The third-order valence-electron chi connectivity index (χ3n) is 2.42. The van der Waals surface area contributed by atoms with E-state index in [9.17, 15) is 4.79 Å². The van der Waals surface area contributed by atoms with Gasteiger partial charge in [0.1, 0.15) is 5.54 Å². The maximum absolute atomic E-state index is 10.7. The molecule has 1 saturated carbocycles. The Morgan fingerprint density at radius 3 is 2.55 bits per heavy atom. The van der Waals surface area contributed by atoms with E-state index in [0.717, 1.165) is 19.3 Å². The molecule has 0 aromatic rings. The molecule has 1 aliphatic rings. The van der Waals surface area contributed by atoms with Gasteiger partial charge in [0.05, 0.1) is 0 Å². The molecule has 64 valence electrons. The normalized spacial score (nSPS) is 38.5. The summed E-state index contributed by atoms with van der Waals surface area (Å²) in [4.78, 5) is 10.7. The zero-order chi connectivity index (χ0) is 8.48. The molecule has 4 heteroatoms. The van der Waals surface area contributed by atoms with Crippen LogP contribution in [0, 0.1) is 0 Å². The van der Waals surface area contributed by atoms with Gasteiger partial charge in [-0.1, -0.05) is 12.8 Å². The van der Waals surface area contributed by atoms with Crippen LogP contribution >= 0.6 is 0 Å². The summed E-state index contributed by atoms with van der Waals surface area (Å²) in [6.45, 7) is 0. The fourth-order valence-corrected chi connectivity index (χ4v) is 1.49. The summed E-state index contributed by atoms with van der Waals surface area (Å²) < 4.78 is 0. The van der Waals surface area contributed by atoms with Gasteiger partial charge in [-0.25, -0.2) is 0 Å². The van der Waals surface area contributed by atoms with Crippen molar-refractivity contribution in [2.45, 2.75) is 37.3 Å². The summed E-state index contributed by atoms with van der Waals surface area (Å²) in [6.07, 6.45) is 3.09. The number of carboxylic acid groups (broad SMARTS) is 1. The molecule has 1 rings (SSSR count). The molecule has 0 bridgehead atoms. The van der Waals surface area contributed by atoms with Crippen molar-refractivity contribution in [2.24, 2.45) is 11.5 Å². The average Bonchev–Trinajstić information content (AvgIpc) is 1.95. The maximum atomic E-state index is 10.7. The van der Waals surface area contributed by atoms with Crippen molar-refractivity contribution in [3.8, 4) is 0 Å². The van der Waals surface area contributed by atoms with Gasteiger partial charge in [0, 0.05) is 6.04 Å². The smallest absolute Gasteiger partial charge is 0.325 e. The molecular weight excluding hydrogens is 144 g/mol. The van der Waals surface area contributed by atoms with Crippen LogP contribution in [0.15, 0.2) is 0 Å². The minimum atomic E-state index is -1.17. The Labute approximate surface area is 65.6 Å². The molecule has 2 atom stereocenters. The molecule has 0 saturated heterocycles. The largest absolute Gasteiger partial charge is 0.480 e. The van der Waals surface area contributed by atoms with Crippen LogP contribution in [0.4, 0.5) is 0 Å². The first kappa shape index (κ1) is 8.49. The zero-order valence-electron chi connectivity index (χ0n) is 6.42. The highest BCUT2D eigenvalue weighted by Gasteiger charge is 2.41. The SMILES string of the molecule is N[C@@H]1CCCC[C@@]1(N)C(=O)O. The lowest BCUT2D eigenvalue weighted by Crippen LogP contribution is -2.62. The first-order valence-corrected chi connectivity index (χ1v) is 3.85. The van der Waals surface area contributed by atoms with Gasteiger partial charge >= 0.3 is 5.97 Å². The van der Waals surface area contributed by atoms with Crippen LogP contribution in [0.2, 0.25) is 0 Å². The van der Waals surface area contributed by atoms with Crippen molar-refractivity contribution < 1.29 is 9.90 Å². The number of hydrogen-bond donors (Lipinski definition) is 3. The number of hydrogen-bond acceptors (Lipinski definition) is 3. The fraction of sp³-hybridized carbons (Fsp3) is 0.857. The summed E-state index contributed by atoms with van der Waals surface area (Å²) >= 11 is 0. The van der Waals surface area contributed by atoms with E-state index in [-0.39, 0.29) is 6.04 Å². The standard InChI is InChI=1S/C7H14N2O2/c8-5-3-1-2-4-7(5,9)6(10)11/h5H,1-4,8-9H2,(H,10,11)/t5-,7+/m1/s1. The molecule has 0 unspecified atom stereocenters. The van der Waals surface area contributed by atoms with Crippen molar-refractivity contribution in [3.05, 3.63) is 0 Å². The summed E-state index contributed by atoms with van der Waals surface area (Å²) in [5, 5.41) is 8.76. The van der Waals surface area contributed by atoms with Crippen LogP contribution in [0.3, 0.4) is 0 Å². The molecule has 4 nitrogen and oxygen atoms in total. The van der Waals surface area contributed by atoms with Crippen LogP contribution in [0.5, 0.6) is 0 Å². The summed E-state index contributed by atoms with van der Waals surface area (Å²) in [5.41, 5.74) is 10.1. The minimum absolute atomic E-state index is 0.381. The summed E-state index contributed by atoms with van der Waals surface area (Å²) in [5.74, 6) is -0.968. The summed E-state index contributed by atoms with van der Waals surface area (Å²) in [6, 6.07) is -0.381. The molecule has 11 heavy (non-hydrogen) atoms. The van der Waals surface area contributed by atoms with E-state index in [1.807, 2.05) is 0 Å². The van der Waals surface area contributed by atoms with Crippen molar-refractivity contribution in [1.82, 2.24) is 0 Å². The number of nitrogens with two attached hydrogens (primary N) is 2. The van der Waals surface area contributed by atoms with Gasteiger partial charge in [-0.3, -0.25) is 4.79 Å². The zero-order valence-corrected chi connectivity index (χ0v) is 6.42. The van der Waals surface area contributed by atoms with Crippen LogP contribution in [-0.2, 0) is 4.79 Å². The van der Waals surface area contributed by atoms with Gasteiger partial charge in [-0.05, 0) is 12.8 Å². The van der Waals surface area contributed by atoms with Gasteiger partial charge in [-0.2, -0.15) is 0 Å². The monoisotopic (exact) mass is 158 g/mol. The lowest BCUT2D eigenvalue weighted by atomic mass is 9.79. The quantitative estimate of drug-likeness (QED) is 0.487. The van der Waals surface area contributed by atoms with Gasteiger partial charge < -0.3 is 16.6 Å². The van der Waals surface area contributed by atoms with Crippen molar-refractivity contribution in [2.75, 3.05) is 0 Å². The number of carboxylic acids is 1. The Kier molecular flexibility index (Phi) is 2.15. The number of aliphatic carboxylic acids is 1. The Hall–Kier alpha value is -0.610. The van der Waals surface area contributed by atoms with E-state index in [4.69, 9.17) is 16.6 Å². The lowest BCUT2D eigenvalue weighted by molar-refractivity contribution is -0.145. The Morgan fingerprint density at radius 2 is 2.18 bits per heavy atom. The van der Waals surface area contributed by atoms with Crippen molar-refractivity contribution >= 4 is 5.97 Å². The highest BCUT2D eigenvalue weighted by atomic mass is 16.4. The predicted octanol–water partition coefficient (Wildman–Crippen LogP) is -0.330. The third kappa shape index (κ3) is 1.36. The molecule has 1 aliphatic carbocycles. The second kappa shape index (κ2) is 2.79. The second-order valence-electron chi connectivity index (χ2n) is 3.20. The maximum Gasteiger partial charge on any atom is 0.325 e. The molecule has 0 aliphatic heterocycles. The van der Waals surface area contributed by atoms with E-state index < -0.39 is 11.5 Å². The average molecular weight is 158 g/mol. The van der Waals surface area contributed by atoms with Gasteiger partial charge in [-0.15, -0.1) is 0 Å². The van der Waals surface area contributed by atoms with E-state index in [2.05, 4.69) is 0 Å². The van der Waals surface area contributed by atoms with E-state index in [1.165, 1.54) is 0 Å². The molecular formula is C7H14N2O2. The van der Waals surface area contributed by atoms with Gasteiger partial charge in [0.15, 0.2) is 0 Å². The molecule has 0 radical (unpaired) electrons. The first-order valence-electron chi connectivity index (χ1n) is 3.85. The van der Waals surface area contributed by atoms with Crippen LogP contribution in [0.25, 0.3) is 0 Å². The highest BCUT2D eigenvalue weighted by molar-refractivity contribution is 5.79. The van der Waals surface area contributed by atoms with Crippen LogP contribution < -0.4 is 11.5 Å². The van der Waals surface area contributed by atoms with Crippen molar-refractivity contribution in [1.29, 1.82) is 0 Å². The molecule has 5 N–H and O–H groups in total. The minimum Gasteiger partial charge on any atom is -0.480 e. The van der Waals surface area contributed by atoms with Crippen molar-refractivity contribution in [3.63, 3.8) is 0 Å². The van der Waals surface area contributed by atoms with E-state index in [0.29, 0.717) is 6.42 Å². The Bertz CT molecular complexity index is 172. The molecule has 0 heterocycles. The fourth-order valence-electron chi connectivity index (χ4n) is 1.49. The molecule has 0 amide bonds. The first-order chi connectivity index (χ1) is 5.07. The van der Waals surface area contributed by atoms with Crippen LogP contribution in [0.1, 0.15) is 25.7 Å². The second-order valence-corrected chi connectivity index (χ2v) is 3.20. The number of carbonyl (C=O) groups is 1. The van der Waals surface area contributed by atoms with Crippen LogP contribution in [-0.4, -0.2) is 22.7 Å². The topological polar surface area (TPSA) is 89.3 Å². The Balaban J connectivity index is 2.72. The lowest BCUT2D eigenvalue weighted by Gasteiger charge is -2.34. The third-order valence-corrected chi connectivity index (χ3v) is 2.42.